The molecule has 0 fully saturated rings. The molecule has 0 aliphatic heterocycles. The van der Waals surface area contributed by atoms with Crippen LogP contribution in [0.25, 0.3) is 0 Å². The summed E-state index contributed by atoms with van der Waals surface area (Å²) in [5.41, 5.74) is 6.32. The molecule has 0 saturated heterocycles. The van der Waals surface area contributed by atoms with Crippen molar-refractivity contribution < 1.29 is 44.8 Å². The van der Waals surface area contributed by atoms with Gasteiger partial charge < -0.3 is 44.8 Å². The van der Waals surface area contributed by atoms with Crippen molar-refractivity contribution in [3.05, 3.63) is 123 Å². The molecule has 0 aromatic heterocycles. The third-order valence-corrected chi connectivity index (χ3v) is 6.50. The summed E-state index contributed by atoms with van der Waals surface area (Å²) in [7, 11) is 0. The van der Waals surface area contributed by atoms with E-state index in [1.165, 1.54) is 0 Å². The first-order valence-corrected chi connectivity index (χ1v) is 13.5. The smallest absolute Gasteiger partial charge is 0.127 e. The van der Waals surface area contributed by atoms with Crippen LogP contribution in [0.2, 0.25) is 0 Å². The van der Waals surface area contributed by atoms with Crippen LogP contribution in [0.3, 0.4) is 0 Å². The predicted molar refractivity (Wildman–Crippen MR) is 154 cm³/mol. The molecule has 9 nitrogen and oxygen atoms in total. The summed E-state index contributed by atoms with van der Waals surface area (Å²) in [5.74, 6) is 1.38. The normalized spacial score (nSPS) is 11.0. The molecule has 0 heterocycles. The second-order valence-electron chi connectivity index (χ2n) is 9.93. The fourth-order valence-corrected chi connectivity index (χ4v) is 4.61. The van der Waals surface area contributed by atoms with Gasteiger partial charge in [0.15, 0.2) is 0 Å². The first kappa shape index (κ1) is 31.0. The monoisotopic (exact) mass is 576 g/mol. The Bertz CT molecular complexity index is 1210. The van der Waals surface area contributed by atoms with Crippen LogP contribution in [-0.4, -0.2) is 30.6 Å². The van der Waals surface area contributed by atoms with Crippen LogP contribution < -0.4 is 14.2 Å². The largest absolute Gasteiger partial charge is 0.489 e. The zero-order chi connectivity index (χ0) is 29.9. The van der Waals surface area contributed by atoms with Gasteiger partial charge in [-0.25, -0.2) is 0 Å². The quantitative estimate of drug-likeness (QED) is 0.125. The SMILES string of the molecule is OCc1cc(CO)cc(COc2cc(OCc3cc(CO)cc(CO)c3)cc(OCc3cc(CO)cc(CO)c3)c2)c1. The van der Waals surface area contributed by atoms with Crippen molar-refractivity contribution in [1.29, 1.82) is 0 Å². The average molecular weight is 577 g/mol. The summed E-state index contributed by atoms with van der Waals surface area (Å²) in [6.45, 7) is -0.456. The van der Waals surface area contributed by atoms with E-state index in [1.807, 2.05) is 0 Å². The van der Waals surface area contributed by atoms with Crippen LogP contribution in [0.15, 0.2) is 72.8 Å². The maximum Gasteiger partial charge on any atom is 0.127 e. The molecule has 0 amide bonds. The summed E-state index contributed by atoms with van der Waals surface area (Å²) >= 11 is 0. The molecule has 0 unspecified atom stereocenters. The molecular formula is C33H36O9. The Kier molecular flexibility index (Phi) is 11.3. The van der Waals surface area contributed by atoms with Crippen LogP contribution in [0.4, 0.5) is 0 Å². The lowest BCUT2D eigenvalue weighted by molar-refractivity contribution is 0.267. The molecule has 9 heteroatoms. The molecule has 0 aliphatic carbocycles. The summed E-state index contributed by atoms with van der Waals surface area (Å²) in [6, 6.07) is 21.1. The Labute approximate surface area is 244 Å². The standard InChI is InChI=1S/C33H36O9/c34-13-22-1-23(14-35)5-28(4-22)19-40-31-10-32(41-20-29-6-24(15-36)2-25(7-29)16-37)12-33(11-31)42-21-30-8-26(17-38)3-27(9-30)18-39/h1-12,34-39H,13-21H2. The molecule has 4 aromatic carbocycles. The van der Waals surface area contributed by atoms with Gasteiger partial charge in [-0.1, -0.05) is 54.6 Å². The van der Waals surface area contributed by atoms with Gasteiger partial charge in [0, 0.05) is 18.2 Å². The van der Waals surface area contributed by atoms with E-state index in [2.05, 4.69) is 0 Å². The molecule has 0 saturated carbocycles. The Morgan fingerprint density at radius 3 is 0.667 bits per heavy atom. The highest BCUT2D eigenvalue weighted by Gasteiger charge is 2.10. The molecule has 4 aromatic rings. The van der Waals surface area contributed by atoms with Gasteiger partial charge in [-0.05, 0) is 50.1 Å². The van der Waals surface area contributed by atoms with Crippen LogP contribution in [0.5, 0.6) is 17.2 Å². The van der Waals surface area contributed by atoms with Crippen molar-refractivity contribution in [2.75, 3.05) is 0 Å². The number of benzene rings is 4. The summed E-state index contributed by atoms with van der Waals surface area (Å²) in [4.78, 5) is 0. The van der Waals surface area contributed by atoms with Gasteiger partial charge in [0.1, 0.15) is 37.1 Å². The minimum atomic E-state index is -0.160. The predicted octanol–water partition coefficient (Wildman–Crippen LogP) is 3.38. The first-order chi connectivity index (χ1) is 20.4. The Morgan fingerprint density at radius 1 is 0.286 bits per heavy atom. The molecule has 0 radical (unpaired) electrons. The molecule has 6 N–H and O–H groups in total. The lowest BCUT2D eigenvalue weighted by atomic mass is 10.1. The van der Waals surface area contributed by atoms with Gasteiger partial charge in [0.2, 0.25) is 0 Å². The summed E-state index contributed by atoms with van der Waals surface area (Å²) < 4.78 is 18.2. The van der Waals surface area contributed by atoms with Crippen molar-refractivity contribution in [2.45, 2.75) is 59.5 Å². The Morgan fingerprint density at radius 2 is 0.476 bits per heavy atom. The van der Waals surface area contributed by atoms with Gasteiger partial charge in [0.25, 0.3) is 0 Å². The zero-order valence-corrected chi connectivity index (χ0v) is 23.2. The van der Waals surface area contributed by atoms with Crippen LogP contribution in [-0.2, 0) is 59.5 Å². The second-order valence-corrected chi connectivity index (χ2v) is 9.93. The van der Waals surface area contributed by atoms with Gasteiger partial charge in [-0.3, -0.25) is 0 Å². The van der Waals surface area contributed by atoms with Crippen molar-refractivity contribution in [3.63, 3.8) is 0 Å². The van der Waals surface area contributed by atoms with E-state index in [-0.39, 0.29) is 59.5 Å². The fraction of sp³-hybridized carbons (Fsp3) is 0.273. The van der Waals surface area contributed by atoms with E-state index < -0.39 is 0 Å². The fourth-order valence-electron chi connectivity index (χ4n) is 4.61. The minimum absolute atomic E-state index is 0.160. The van der Waals surface area contributed by atoms with Crippen molar-refractivity contribution in [1.82, 2.24) is 0 Å². The molecule has 0 spiro atoms. The highest BCUT2D eigenvalue weighted by atomic mass is 16.5. The van der Waals surface area contributed by atoms with E-state index in [9.17, 15) is 30.6 Å². The molecule has 0 atom stereocenters. The highest BCUT2D eigenvalue weighted by Crippen LogP contribution is 2.30. The zero-order valence-electron chi connectivity index (χ0n) is 23.2. The lowest BCUT2D eigenvalue weighted by Crippen LogP contribution is -2.03. The van der Waals surface area contributed by atoms with Crippen LogP contribution in [0.1, 0.15) is 50.1 Å². The van der Waals surface area contributed by atoms with E-state index in [4.69, 9.17) is 14.2 Å². The topological polar surface area (TPSA) is 149 Å². The third-order valence-electron chi connectivity index (χ3n) is 6.50. The Balaban J connectivity index is 1.57. The Hall–Kier alpha value is -3.96. The minimum Gasteiger partial charge on any atom is -0.489 e. The third kappa shape index (κ3) is 8.77. The highest BCUT2D eigenvalue weighted by molar-refractivity contribution is 5.43. The van der Waals surface area contributed by atoms with Gasteiger partial charge in [-0.15, -0.1) is 0 Å². The van der Waals surface area contributed by atoms with E-state index >= 15 is 0 Å². The molecule has 0 aliphatic rings. The number of hydrogen-bond acceptors (Lipinski definition) is 9. The van der Waals surface area contributed by atoms with Gasteiger partial charge in [0.05, 0.1) is 39.6 Å². The molecular weight excluding hydrogens is 540 g/mol. The van der Waals surface area contributed by atoms with E-state index in [0.29, 0.717) is 50.6 Å². The number of aliphatic hydroxyl groups is 6. The van der Waals surface area contributed by atoms with E-state index in [1.54, 1.807) is 72.8 Å². The van der Waals surface area contributed by atoms with Crippen molar-refractivity contribution in [2.24, 2.45) is 0 Å². The molecule has 4 rings (SSSR count). The van der Waals surface area contributed by atoms with Crippen molar-refractivity contribution in [3.8, 4) is 17.2 Å². The average Bonchev–Trinajstić information content (AvgIpc) is 3.04. The lowest BCUT2D eigenvalue weighted by Gasteiger charge is -2.15. The second kappa shape index (κ2) is 15.3. The summed E-state index contributed by atoms with van der Waals surface area (Å²) in [6.07, 6.45) is 0. The number of rotatable bonds is 15. The van der Waals surface area contributed by atoms with Crippen LogP contribution in [0, 0.1) is 0 Å². The number of aliphatic hydroxyl groups excluding tert-OH is 6. The summed E-state index contributed by atoms with van der Waals surface area (Å²) in [5, 5.41) is 57.4. The molecule has 42 heavy (non-hydrogen) atoms. The molecule has 0 bridgehead atoms. The molecule has 222 valence electrons. The van der Waals surface area contributed by atoms with E-state index in [0.717, 1.165) is 16.7 Å². The van der Waals surface area contributed by atoms with Gasteiger partial charge in [-0.2, -0.15) is 0 Å². The van der Waals surface area contributed by atoms with Gasteiger partial charge >= 0.3 is 0 Å². The number of ether oxygens (including phenoxy) is 3. The maximum absolute atomic E-state index is 9.57. The van der Waals surface area contributed by atoms with Crippen LogP contribution >= 0.6 is 0 Å². The number of hydrogen-bond donors (Lipinski definition) is 6. The maximum atomic E-state index is 9.57. The first-order valence-electron chi connectivity index (χ1n) is 13.5. The van der Waals surface area contributed by atoms with Crippen molar-refractivity contribution >= 4 is 0 Å².